The van der Waals surface area contributed by atoms with E-state index in [4.69, 9.17) is 0 Å². The molecule has 0 heterocycles. The fraction of sp³-hybridized carbons (Fsp3) is 1.00. The van der Waals surface area contributed by atoms with Gasteiger partial charge in [0.25, 0.3) is 0 Å². The van der Waals surface area contributed by atoms with E-state index in [-0.39, 0.29) is 0 Å². The minimum atomic E-state index is 0.661. The number of hydrogen-bond acceptors (Lipinski definition) is 2. The molecule has 0 bridgehead atoms. The van der Waals surface area contributed by atoms with Crippen LogP contribution in [0.1, 0.15) is 53.9 Å². The number of rotatable bonds is 9. The zero-order valence-corrected chi connectivity index (χ0v) is 11.3. The summed E-state index contributed by atoms with van der Waals surface area (Å²) in [4.78, 5) is 2.50. The third-order valence-corrected chi connectivity index (χ3v) is 3.19. The lowest BCUT2D eigenvalue weighted by Gasteiger charge is -2.21. The summed E-state index contributed by atoms with van der Waals surface area (Å²) in [7, 11) is 0. The topological polar surface area (TPSA) is 15.3 Å². The van der Waals surface area contributed by atoms with Crippen LogP contribution in [0.3, 0.4) is 0 Å². The summed E-state index contributed by atoms with van der Waals surface area (Å²) < 4.78 is 0. The van der Waals surface area contributed by atoms with E-state index in [9.17, 15) is 0 Å². The molecular weight excluding hydrogens is 184 g/mol. The highest BCUT2D eigenvalue weighted by atomic mass is 15.1. The van der Waals surface area contributed by atoms with Crippen LogP contribution in [-0.2, 0) is 0 Å². The summed E-state index contributed by atoms with van der Waals surface area (Å²) in [6.07, 6.45) is 3.83. The first-order chi connectivity index (χ1) is 7.13. The quantitative estimate of drug-likeness (QED) is 0.635. The molecule has 0 spiro atoms. The van der Waals surface area contributed by atoms with E-state index in [2.05, 4.69) is 44.8 Å². The van der Waals surface area contributed by atoms with E-state index in [0.717, 1.165) is 0 Å². The Morgan fingerprint density at radius 1 is 1.00 bits per heavy atom. The van der Waals surface area contributed by atoms with E-state index >= 15 is 0 Å². The molecule has 15 heavy (non-hydrogen) atoms. The second-order valence-corrected chi connectivity index (χ2v) is 4.55. The van der Waals surface area contributed by atoms with Gasteiger partial charge in [0.1, 0.15) is 0 Å². The maximum atomic E-state index is 3.62. The van der Waals surface area contributed by atoms with E-state index in [1.807, 2.05) is 0 Å². The summed E-state index contributed by atoms with van der Waals surface area (Å²) in [5, 5.41) is 3.62. The molecule has 0 aliphatic rings. The van der Waals surface area contributed by atoms with Crippen LogP contribution < -0.4 is 5.32 Å². The smallest absolute Gasteiger partial charge is 0.00416 e. The maximum absolute atomic E-state index is 3.62. The maximum Gasteiger partial charge on any atom is 0.00416 e. The highest BCUT2D eigenvalue weighted by Crippen LogP contribution is 2.01. The summed E-state index contributed by atoms with van der Waals surface area (Å²) in [6.45, 7) is 14.9. The molecule has 2 nitrogen and oxygen atoms in total. The molecule has 0 aromatic rings. The van der Waals surface area contributed by atoms with Crippen molar-refractivity contribution in [3.05, 3.63) is 0 Å². The first kappa shape index (κ1) is 14.9. The van der Waals surface area contributed by atoms with Crippen molar-refractivity contribution in [2.45, 2.75) is 66.0 Å². The number of nitrogens with zero attached hydrogens (tertiary/aromatic N) is 1. The number of nitrogens with one attached hydrogen (secondary N) is 1. The third-order valence-electron chi connectivity index (χ3n) is 3.19. The van der Waals surface area contributed by atoms with E-state index in [0.29, 0.717) is 12.1 Å². The SMILES string of the molecule is CCC(C)NC(C)CCCN(CC)CC. The van der Waals surface area contributed by atoms with Gasteiger partial charge in [0.15, 0.2) is 0 Å². The zero-order chi connectivity index (χ0) is 11.7. The zero-order valence-electron chi connectivity index (χ0n) is 11.3. The Morgan fingerprint density at radius 2 is 1.60 bits per heavy atom. The van der Waals surface area contributed by atoms with Crippen molar-refractivity contribution >= 4 is 0 Å². The first-order valence-electron chi connectivity index (χ1n) is 6.62. The lowest BCUT2D eigenvalue weighted by molar-refractivity contribution is 0.288. The average molecular weight is 214 g/mol. The highest BCUT2D eigenvalue weighted by molar-refractivity contribution is 4.67. The normalized spacial score (nSPS) is 15.6. The van der Waals surface area contributed by atoms with Crippen molar-refractivity contribution in [1.29, 1.82) is 0 Å². The van der Waals surface area contributed by atoms with Gasteiger partial charge < -0.3 is 10.2 Å². The second-order valence-electron chi connectivity index (χ2n) is 4.55. The Bertz CT molecular complexity index is 132. The van der Waals surface area contributed by atoms with Gasteiger partial charge in [-0.15, -0.1) is 0 Å². The van der Waals surface area contributed by atoms with Crippen LogP contribution in [0, 0.1) is 0 Å². The van der Waals surface area contributed by atoms with Gasteiger partial charge in [0.2, 0.25) is 0 Å². The standard InChI is InChI=1S/C13H30N2/c1-6-12(4)14-13(5)10-9-11-15(7-2)8-3/h12-14H,6-11H2,1-5H3. The Hall–Kier alpha value is -0.0800. The van der Waals surface area contributed by atoms with Crippen LogP contribution in [0.15, 0.2) is 0 Å². The van der Waals surface area contributed by atoms with Gasteiger partial charge in [-0.05, 0) is 52.7 Å². The molecule has 2 unspecified atom stereocenters. The molecule has 0 radical (unpaired) electrons. The first-order valence-corrected chi connectivity index (χ1v) is 6.62. The molecule has 2 atom stereocenters. The van der Waals surface area contributed by atoms with Crippen LogP contribution in [0.25, 0.3) is 0 Å². The van der Waals surface area contributed by atoms with E-state index in [1.54, 1.807) is 0 Å². The molecule has 0 aliphatic heterocycles. The van der Waals surface area contributed by atoms with Crippen molar-refractivity contribution in [2.75, 3.05) is 19.6 Å². The minimum absolute atomic E-state index is 0.661. The predicted molar refractivity (Wildman–Crippen MR) is 69.4 cm³/mol. The minimum Gasteiger partial charge on any atom is -0.312 e. The van der Waals surface area contributed by atoms with Gasteiger partial charge in [0.05, 0.1) is 0 Å². The van der Waals surface area contributed by atoms with Crippen molar-refractivity contribution in [2.24, 2.45) is 0 Å². The van der Waals surface area contributed by atoms with Gasteiger partial charge in [-0.25, -0.2) is 0 Å². The van der Waals surface area contributed by atoms with E-state index < -0.39 is 0 Å². The molecule has 92 valence electrons. The average Bonchev–Trinajstić information content (AvgIpc) is 2.24. The molecule has 0 saturated heterocycles. The fourth-order valence-corrected chi connectivity index (χ4v) is 1.85. The second kappa shape index (κ2) is 9.17. The fourth-order valence-electron chi connectivity index (χ4n) is 1.85. The molecule has 0 aromatic heterocycles. The molecular formula is C13H30N2. The lowest BCUT2D eigenvalue weighted by Crippen LogP contribution is -2.34. The largest absolute Gasteiger partial charge is 0.312 e. The van der Waals surface area contributed by atoms with Crippen molar-refractivity contribution in [3.8, 4) is 0 Å². The molecule has 0 fully saturated rings. The van der Waals surface area contributed by atoms with Crippen LogP contribution in [0.2, 0.25) is 0 Å². The van der Waals surface area contributed by atoms with Crippen molar-refractivity contribution < 1.29 is 0 Å². The Kier molecular flexibility index (Phi) is 9.12. The summed E-state index contributed by atoms with van der Waals surface area (Å²) in [5.41, 5.74) is 0. The Labute approximate surface area is 96.4 Å². The summed E-state index contributed by atoms with van der Waals surface area (Å²) in [5.74, 6) is 0. The van der Waals surface area contributed by atoms with Crippen LogP contribution >= 0.6 is 0 Å². The molecule has 0 rings (SSSR count). The Balaban J connectivity index is 3.49. The van der Waals surface area contributed by atoms with Crippen molar-refractivity contribution in [3.63, 3.8) is 0 Å². The van der Waals surface area contributed by atoms with Crippen molar-refractivity contribution in [1.82, 2.24) is 10.2 Å². The van der Waals surface area contributed by atoms with E-state index in [1.165, 1.54) is 38.9 Å². The molecule has 0 aromatic carbocycles. The molecule has 1 N–H and O–H groups in total. The van der Waals surface area contributed by atoms with Gasteiger partial charge in [-0.3, -0.25) is 0 Å². The number of hydrogen-bond donors (Lipinski definition) is 1. The van der Waals surface area contributed by atoms with Crippen LogP contribution in [-0.4, -0.2) is 36.6 Å². The van der Waals surface area contributed by atoms with Gasteiger partial charge in [-0.2, -0.15) is 0 Å². The monoisotopic (exact) mass is 214 g/mol. The Morgan fingerprint density at radius 3 is 2.07 bits per heavy atom. The molecule has 2 heteroatoms. The third kappa shape index (κ3) is 7.80. The van der Waals surface area contributed by atoms with Crippen LogP contribution in [0.5, 0.6) is 0 Å². The lowest BCUT2D eigenvalue weighted by atomic mass is 10.1. The molecule has 0 aliphatic carbocycles. The van der Waals surface area contributed by atoms with Gasteiger partial charge in [-0.1, -0.05) is 20.8 Å². The molecule has 0 saturated carbocycles. The summed E-state index contributed by atoms with van der Waals surface area (Å²) >= 11 is 0. The van der Waals surface area contributed by atoms with Crippen LogP contribution in [0.4, 0.5) is 0 Å². The van der Waals surface area contributed by atoms with Gasteiger partial charge >= 0.3 is 0 Å². The highest BCUT2D eigenvalue weighted by Gasteiger charge is 2.06. The summed E-state index contributed by atoms with van der Waals surface area (Å²) in [6, 6.07) is 1.32. The van der Waals surface area contributed by atoms with Gasteiger partial charge in [0, 0.05) is 12.1 Å². The predicted octanol–water partition coefficient (Wildman–Crippen LogP) is 2.89. The molecule has 0 amide bonds.